The van der Waals surface area contributed by atoms with Gasteiger partial charge in [0.05, 0.1) is 0 Å². The van der Waals surface area contributed by atoms with E-state index in [1.165, 1.54) is 6.08 Å². The molecule has 0 unspecified atom stereocenters. The Kier molecular flexibility index (Phi) is 3.13. The number of hydrogen-bond acceptors (Lipinski definition) is 3. The summed E-state index contributed by atoms with van der Waals surface area (Å²) in [5.74, 6) is 0.148. The maximum absolute atomic E-state index is 11.4. The zero-order valence-corrected chi connectivity index (χ0v) is 10.9. The first-order valence-electron chi connectivity index (χ1n) is 5.43. The number of carbonyl (C=O) groups is 1. The lowest BCUT2D eigenvalue weighted by atomic mass is 10.1. The lowest BCUT2D eigenvalue weighted by molar-refractivity contribution is -0.118. The topological polar surface area (TPSA) is 55.1 Å². The Morgan fingerprint density at radius 3 is 2.94 bits per heavy atom. The molecule has 0 saturated carbocycles. The minimum Gasteiger partial charge on any atom is -0.438 e. The second-order valence-electron chi connectivity index (χ2n) is 4.45. The number of carbonyl (C=O) groups excluding carboxylic acids is 1. The van der Waals surface area contributed by atoms with Crippen LogP contribution in [0, 0.1) is 0 Å². The van der Waals surface area contributed by atoms with Crippen LogP contribution in [-0.2, 0) is 10.3 Å². The molecule has 0 aliphatic carbocycles. The third-order valence-corrected chi connectivity index (χ3v) is 2.74. The molecule has 2 rings (SSSR count). The predicted molar refractivity (Wildman–Crippen MR) is 70.4 cm³/mol. The molecule has 2 aromatic rings. The summed E-state index contributed by atoms with van der Waals surface area (Å²) in [4.78, 5) is 15.7. The van der Waals surface area contributed by atoms with Gasteiger partial charge < -0.3 is 9.73 Å². The normalized spacial score (nSPS) is 11.5. The van der Waals surface area contributed by atoms with E-state index in [-0.39, 0.29) is 5.91 Å². The molecule has 94 valence electrons. The Morgan fingerprint density at radius 2 is 2.28 bits per heavy atom. The number of hydrogen-bond donors (Lipinski definition) is 1. The van der Waals surface area contributed by atoms with Crippen LogP contribution in [0.4, 0.5) is 0 Å². The maximum atomic E-state index is 11.4. The van der Waals surface area contributed by atoms with Gasteiger partial charge in [0, 0.05) is 11.1 Å². The van der Waals surface area contributed by atoms with Gasteiger partial charge in [-0.2, -0.15) is 0 Å². The van der Waals surface area contributed by atoms with Gasteiger partial charge >= 0.3 is 0 Å². The molecule has 0 bridgehead atoms. The Bertz CT molecular complexity index is 616. The van der Waals surface area contributed by atoms with Gasteiger partial charge in [0.25, 0.3) is 0 Å². The van der Waals surface area contributed by atoms with Crippen LogP contribution in [0.2, 0.25) is 5.02 Å². The van der Waals surface area contributed by atoms with E-state index in [0.29, 0.717) is 22.0 Å². The molecule has 1 heterocycles. The van der Waals surface area contributed by atoms with Gasteiger partial charge in [-0.3, -0.25) is 4.79 Å². The summed E-state index contributed by atoms with van der Waals surface area (Å²) in [7, 11) is 0. The minimum absolute atomic E-state index is 0.278. The van der Waals surface area contributed by atoms with Crippen molar-refractivity contribution in [2.24, 2.45) is 0 Å². The van der Waals surface area contributed by atoms with Crippen molar-refractivity contribution < 1.29 is 9.21 Å². The maximum Gasteiger partial charge on any atom is 0.244 e. The first-order valence-corrected chi connectivity index (χ1v) is 5.81. The average molecular weight is 265 g/mol. The molecule has 1 aromatic carbocycles. The van der Waals surface area contributed by atoms with Gasteiger partial charge in [0.15, 0.2) is 5.58 Å². The average Bonchev–Trinajstić information content (AvgIpc) is 2.71. The second kappa shape index (κ2) is 4.46. The van der Waals surface area contributed by atoms with E-state index in [9.17, 15) is 4.79 Å². The summed E-state index contributed by atoms with van der Waals surface area (Å²) in [5.41, 5.74) is 0.588. The number of nitrogens with one attached hydrogen (secondary N) is 1. The van der Waals surface area contributed by atoms with Crippen molar-refractivity contribution >= 4 is 28.6 Å². The lowest BCUT2D eigenvalue weighted by Gasteiger charge is -2.21. The standard InChI is InChI=1S/C13H13ClN2O2/c1-4-11(17)16-13(2,3)12-15-9-6-5-8(14)7-10(9)18-12/h4-7H,1H2,2-3H3,(H,16,17). The molecule has 5 heteroatoms. The molecule has 1 aromatic heterocycles. The molecule has 0 fully saturated rings. The fourth-order valence-corrected chi connectivity index (χ4v) is 1.74. The van der Waals surface area contributed by atoms with E-state index in [1.807, 2.05) is 0 Å². The van der Waals surface area contributed by atoms with Crippen molar-refractivity contribution in [3.05, 3.63) is 41.8 Å². The van der Waals surface area contributed by atoms with Crippen molar-refractivity contribution in [1.82, 2.24) is 10.3 Å². The van der Waals surface area contributed by atoms with Crippen molar-refractivity contribution in [3.8, 4) is 0 Å². The van der Waals surface area contributed by atoms with E-state index in [4.69, 9.17) is 16.0 Å². The highest BCUT2D eigenvalue weighted by Gasteiger charge is 2.28. The molecule has 1 amide bonds. The number of fused-ring (bicyclic) bond motifs is 1. The highest BCUT2D eigenvalue weighted by molar-refractivity contribution is 6.31. The summed E-state index contributed by atoms with van der Waals surface area (Å²) >= 11 is 5.88. The first kappa shape index (κ1) is 12.6. The molecular formula is C13H13ClN2O2. The van der Waals surface area contributed by atoms with Crippen molar-refractivity contribution in [2.75, 3.05) is 0 Å². The number of benzene rings is 1. The monoisotopic (exact) mass is 264 g/mol. The predicted octanol–water partition coefficient (Wildman–Crippen LogP) is 3.02. The number of rotatable bonds is 3. The molecule has 0 aliphatic rings. The van der Waals surface area contributed by atoms with Gasteiger partial charge in [-0.05, 0) is 32.1 Å². The van der Waals surface area contributed by atoms with Crippen LogP contribution in [0.5, 0.6) is 0 Å². The Hall–Kier alpha value is -1.81. The summed E-state index contributed by atoms with van der Waals surface area (Å²) in [6.45, 7) is 7.02. The quantitative estimate of drug-likeness (QED) is 0.867. The Morgan fingerprint density at radius 1 is 1.56 bits per heavy atom. The van der Waals surface area contributed by atoms with E-state index >= 15 is 0 Å². The van der Waals surface area contributed by atoms with Crippen LogP contribution in [0.15, 0.2) is 35.3 Å². The SMILES string of the molecule is C=CC(=O)NC(C)(C)c1nc2ccc(Cl)cc2o1. The van der Waals surface area contributed by atoms with Crippen LogP contribution in [0.1, 0.15) is 19.7 Å². The zero-order valence-electron chi connectivity index (χ0n) is 10.2. The number of oxazole rings is 1. The highest BCUT2D eigenvalue weighted by Crippen LogP contribution is 2.26. The van der Waals surface area contributed by atoms with E-state index < -0.39 is 5.54 Å². The third kappa shape index (κ3) is 2.38. The van der Waals surface area contributed by atoms with Gasteiger partial charge in [0.2, 0.25) is 11.8 Å². The smallest absolute Gasteiger partial charge is 0.244 e. The van der Waals surface area contributed by atoms with Crippen molar-refractivity contribution in [2.45, 2.75) is 19.4 Å². The largest absolute Gasteiger partial charge is 0.438 e. The molecule has 0 radical (unpaired) electrons. The molecule has 0 spiro atoms. The zero-order chi connectivity index (χ0) is 13.3. The third-order valence-electron chi connectivity index (χ3n) is 2.51. The Balaban J connectivity index is 2.40. The minimum atomic E-state index is -0.712. The summed E-state index contributed by atoms with van der Waals surface area (Å²) in [6.07, 6.45) is 1.21. The summed E-state index contributed by atoms with van der Waals surface area (Å²) in [6, 6.07) is 5.21. The van der Waals surface area contributed by atoms with Crippen LogP contribution in [-0.4, -0.2) is 10.9 Å². The van der Waals surface area contributed by atoms with E-state index in [2.05, 4.69) is 16.9 Å². The van der Waals surface area contributed by atoms with E-state index in [1.54, 1.807) is 32.0 Å². The second-order valence-corrected chi connectivity index (χ2v) is 4.89. The molecule has 0 aliphatic heterocycles. The molecule has 0 atom stereocenters. The molecule has 4 nitrogen and oxygen atoms in total. The molecular weight excluding hydrogens is 252 g/mol. The van der Waals surface area contributed by atoms with Gasteiger partial charge in [-0.25, -0.2) is 4.98 Å². The van der Waals surface area contributed by atoms with Crippen LogP contribution in [0.25, 0.3) is 11.1 Å². The number of aromatic nitrogens is 1. The van der Waals surface area contributed by atoms with Gasteiger partial charge in [-0.15, -0.1) is 0 Å². The van der Waals surface area contributed by atoms with E-state index in [0.717, 1.165) is 0 Å². The number of nitrogens with zero attached hydrogens (tertiary/aromatic N) is 1. The van der Waals surface area contributed by atoms with Crippen LogP contribution in [0.3, 0.4) is 0 Å². The molecule has 1 N–H and O–H groups in total. The number of amides is 1. The molecule has 0 saturated heterocycles. The van der Waals surface area contributed by atoms with Gasteiger partial charge in [0.1, 0.15) is 11.1 Å². The lowest BCUT2D eigenvalue weighted by Crippen LogP contribution is -2.40. The van der Waals surface area contributed by atoms with Crippen LogP contribution >= 0.6 is 11.6 Å². The van der Waals surface area contributed by atoms with Gasteiger partial charge in [-0.1, -0.05) is 18.2 Å². The fourth-order valence-electron chi connectivity index (χ4n) is 1.58. The van der Waals surface area contributed by atoms with Crippen LogP contribution < -0.4 is 5.32 Å². The number of halogens is 1. The van der Waals surface area contributed by atoms with Crippen molar-refractivity contribution in [3.63, 3.8) is 0 Å². The molecule has 18 heavy (non-hydrogen) atoms. The van der Waals surface area contributed by atoms with Crippen molar-refractivity contribution in [1.29, 1.82) is 0 Å². The fraction of sp³-hybridized carbons (Fsp3) is 0.231. The summed E-state index contributed by atoms with van der Waals surface area (Å²) in [5, 5.41) is 3.33. The Labute approximate surface area is 110 Å². The summed E-state index contributed by atoms with van der Waals surface area (Å²) < 4.78 is 5.61. The first-order chi connectivity index (χ1) is 8.42. The highest BCUT2D eigenvalue weighted by atomic mass is 35.5.